The van der Waals surface area contributed by atoms with Gasteiger partial charge in [-0.25, -0.2) is 9.59 Å². The molecule has 2 N–H and O–H groups in total. The number of anilines is 1. The molecule has 0 unspecified atom stereocenters. The van der Waals surface area contributed by atoms with Crippen LogP contribution in [-0.4, -0.2) is 42.5 Å². The predicted molar refractivity (Wildman–Crippen MR) is 104 cm³/mol. The number of amides is 1. The second-order valence-corrected chi connectivity index (χ2v) is 7.47. The van der Waals surface area contributed by atoms with Crippen LogP contribution in [0.4, 0.5) is 10.5 Å². The molecule has 1 amide bonds. The molecule has 0 aliphatic heterocycles. The number of esters is 1. The van der Waals surface area contributed by atoms with Crippen molar-refractivity contribution in [3.8, 4) is 0 Å². The highest BCUT2D eigenvalue weighted by Crippen LogP contribution is 2.32. The Bertz CT molecular complexity index is 763. The maximum Gasteiger partial charge on any atom is 0.412 e. The summed E-state index contributed by atoms with van der Waals surface area (Å²) in [5.74, 6) is -1.50. The van der Waals surface area contributed by atoms with Gasteiger partial charge in [0.2, 0.25) is 0 Å². The maximum atomic E-state index is 12.3. The van der Waals surface area contributed by atoms with Crippen LogP contribution in [0, 0.1) is 20.8 Å². The smallest absolute Gasteiger partial charge is 0.412 e. The molecule has 28 heavy (non-hydrogen) atoms. The number of rotatable bonds is 7. The number of benzene rings is 1. The highest BCUT2D eigenvalue weighted by molar-refractivity contribution is 5.89. The molecule has 0 aliphatic rings. The lowest BCUT2D eigenvalue weighted by atomic mass is 9.90. The number of nitrogens with one attached hydrogen (secondary N) is 1. The van der Waals surface area contributed by atoms with Crippen molar-refractivity contribution in [3.05, 3.63) is 27.8 Å². The Morgan fingerprint density at radius 1 is 1.00 bits per heavy atom. The molecule has 0 fully saturated rings. The van der Waals surface area contributed by atoms with Gasteiger partial charge in [-0.3, -0.25) is 10.1 Å². The van der Waals surface area contributed by atoms with Crippen molar-refractivity contribution in [1.29, 1.82) is 0 Å². The second-order valence-electron chi connectivity index (χ2n) is 7.47. The number of methoxy groups -OCH3 is 1. The highest BCUT2D eigenvalue weighted by atomic mass is 16.6. The van der Waals surface area contributed by atoms with Crippen molar-refractivity contribution < 1.29 is 33.7 Å². The van der Waals surface area contributed by atoms with Crippen LogP contribution >= 0.6 is 0 Å². The first kappa shape index (κ1) is 23.4. The fraction of sp³-hybridized carbons (Fsp3) is 0.550. The molecule has 0 saturated carbocycles. The number of hydrogen-bond acceptors (Lipinski definition) is 6. The summed E-state index contributed by atoms with van der Waals surface area (Å²) in [6.45, 7) is 10.3. The summed E-state index contributed by atoms with van der Waals surface area (Å²) in [5, 5.41) is 11.5. The first-order valence-corrected chi connectivity index (χ1v) is 8.85. The minimum absolute atomic E-state index is 0.0172. The van der Waals surface area contributed by atoms with Gasteiger partial charge in [-0.05, 0) is 69.4 Å². The van der Waals surface area contributed by atoms with Crippen molar-refractivity contribution >= 4 is 23.7 Å². The van der Waals surface area contributed by atoms with E-state index in [1.807, 2.05) is 6.92 Å². The van der Waals surface area contributed by atoms with Gasteiger partial charge in [-0.2, -0.15) is 0 Å². The summed E-state index contributed by atoms with van der Waals surface area (Å²) in [4.78, 5) is 34.9. The lowest BCUT2D eigenvalue weighted by Crippen LogP contribution is -2.28. The second kappa shape index (κ2) is 9.54. The molecular formula is C20H29NO7. The average Bonchev–Trinajstić information content (AvgIpc) is 2.56. The van der Waals surface area contributed by atoms with Crippen LogP contribution in [-0.2, 0) is 36.8 Å². The maximum absolute atomic E-state index is 12.3. The van der Waals surface area contributed by atoms with Crippen molar-refractivity contribution in [2.24, 2.45) is 0 Å². The van der Waals surface area contributed by atoms with E-state index in [9.17, 15) is 14.4 Å². The normalized spacial score (nSPS) is 11.1. The quantitative estimate of drug-likeness (QED) is 0.682. The monoisotopic (exact) mass is 395 g/mol. The van der Waals surface area contributed by atoms with Gasteiger partial charge >= 0.3 is 18.0 Å². The van der Waals surface area contributed by atoms with Crippen LogP contribution in [0.2, 0.25) is 0 Å². The zero-order valence-corrected chi connectivity index (χ0v) is 17.5. The molecule has 1 aromatic carbocycles. The number of carbonyl (C=O) groups excluding carboxylic acids is 2. The summed E-state index contributed by atoms with van der Waals surface area (Å²) in [6, 6.07) is 0. The topological polar surface area (TPSA) is 111 Å². The molecule has 8 heteroatoms. The van der Waals surface area contributed by atoms with Crippen molar-refractivity contribution in [2.45, 2.75) is 60.2 Å². The van der Waals surface area contributed by atoms with E-state index in [0.29, 0.717) is 22.4 Å². The van der Waals surface area contributed by atoms with Gasteiger partial charge in [0.15, 0.2) is 0 Å². The van der Waals surface area contributed by atoms with Crippen LogP contribution in [0.3, 0.4) is 0 Å². The Hall–Kier alpha value is -2.61. The average molecular weight is 395 g/mol. The minimum Gasteiger partial charge on any atom is -0.480 e. The van der Waals surface area contributed by atoms with E-state index in [1.165, 1.54) is 7.11 Å². The molecule has 1 rings (SSSR count). The third kappa shape index (κ3) is 6.53. The van der Waals surface area contributed by atoms with Crippen molar-refractivity contribution in [1.82, 2.24) is 0 Å². The standard InChI is InChI=1S/C20H29NO7/c1-11-14(8-17(24)26-7)12(2)18(21-19(25)28-20(4,5)6)13(3)15(11)9-27-10-16(22)23/h8-10H2,1-7H3,(H,21,25)(H,22,23). The molecule has 0 aromatic heterocycles. The molecule has 0 spiro atoms. The van der Waals surface area contributed by atoms with Gasteiger partial charge in [0.05, 0.1) is 25.8 Å². The van der Waals surface area contributed by atoms with Crippen LogP contribution in [0.5, 0.6) is 0 Å². The number of carboxylic acid groups (broad SMARTS) is 1. The minimum atomic E-state index is -1.08. The number of carbonyl (C=O) groups is 3. The van der Waals surface area contributed by atoms with E-state index < -0.39 is 30.2 Å². The summed E-state index contributed by atoms with van der Waals surface area (Å²) in [5.41, 5.74) is 3.47. The van der Waals surface area contributed by atoms with Crippen molar-refractivity contribution in [3.63, 3.8) is 0 Å². The number of hydrogen-bond donors (Lipinski definition) is 2. The lowest BCUT2D eigenvalue weighted by Gasteiger charge is -2.24. The Kier molecular flexibility index (Phi) is 7.99. The highest BCUT2D eigenvalue weighted by Gasteiger charge is 2.23. The number of aliphatic carboxylic acids is 1. The van der Waals surface area contributed by atoms with E-state index >= 15 is 0 Å². The van der Waals surface area contributed by atoms with Gasteiger partial charge in [0.25, 0.3) is 0 Å². The van der Waals surface area contributed by atoms with Crippen LogP contribution in [0.15, 0.2) is 0 Å². The molecule has 0 saturated heterocycles. The van der Waals surface area contributed by atoms with Crippen LogP contribution in [0.25, 0.3) is 0 Å². The molecule has 0 radical (unpaired) electrons. The van der Waals surface area contributed by atoms with Gasteiger partial charge in [-0.15, -0.1) is 0 Å². The van der Waals surface area contributed by atoms with Gasteiger partial charge in [0.1, 0.15) is 12.2 Å². The predicted octanol–water partition coefficient (Wildman–Crippen LogP) is 3.28. The first-order chi connectivity index (χ1) is 12.9. The van der Waals surface area contributed by atoms with Crippen LogP contribution in [0.1, 0.15) is 48.6 Å². The summed E-state index contributed by atoms with van der Waals surface area (Å²) in [6.07, 6.45) is -0.604. The van der Waals surface area contributed by atoms with E-state index in [2.05, 4.69) is 5.32 Å². The Morgan fingerprint density at radius 3 is 2.07 bits per heavy atom. The Balaban J connectivity index is 3.38. The van der Waals surface area contributed by atoms with E-state index in [0.717, 1.165) is 11.1 Å². The fourth-order valence-corrected chi connectivity index (χ4v) is 2.86. The first-order valence-electron chi connectivity index (χ1n) is 8.85. The molecular weight excluding hydrogens is 366 g/mol. The number of ether oxygens (including phenoxy) is 3. The molecule has 156 valence electrons. The van der Waals surface area contributed by atoms with Crippen molar-refractivity contribution in [2.75, 3.05) is 19.0 Å². The SMILES string of the molecule is COC(=O)Cc1c(C)c(COCC(=O)O)c(C)c(NC(=O)OC(C)(C)C)c1C. The molecule has 1 aromatic rings. The summed E-state index contributed by atoms with van der Waals surface area (Å²) < 4.78 is 15.3. The molecule has 8 nitrogen and oxygen atoms in total. The van der Waals surface area contributed by atoms with Crippen LogP contribution < -0.4 is 5.32 Å². The zero-order valence-electron chi connectivity index (χ0n) is 17.5. The molecule has 0 bridgehead atoms. The zero-order chi connectivity index (χ0) is 21.6. The fourth-order valence-electron chi connectivity index (χ4n) is 2.86. The Labute approximate surface area is 165 Å². The Morgan fingerprint density at radius 2 is 1.57 bits per heavy atom. The van der Waals surface area contributed by atoms with E-state index in [4.69, 9.17) is 19.3 Å². The summed E-state index contributed by atoms with van der Waals surface area (Å²) >= 11 is 0. The molecule has 0 heterocycles. The van der Waals surface area contributed by atoms with E-state index in [1.54, 1.807) is 34.6 Å². The molecule has 0 atom stereocenters. The summed E-state index contributed by atoms with van der Waals surface area (Å²) in [7, 11) is 1.30. The largest absolute Gasteiger partial charge is 0.480 e. The molecule has 0 aliphatic carbocycles. The van der Waals surface area contributed by atoms with Gasteiger partial charge < -0.3 is 19.3 Å². The third-order valence-corrected chi connectivity index (χ3v) is 4.21. The number of carboxylic acids is 1. The lowest BCUT2D eigenvalue weighted by molar-refractivity contribution is -0.142. The van der Waals surface area contributed by atoms with Gasteiger partial charge in [-0.1, -0.05) is 0 Å². The van der Waals surface area contributed by atoms with Gasteiger partial charge in [0, 0.05) is 0 Å². The third-order valence-electron chi connectivity index (χ3n) is 4.21. The van der Waals surface area contributed by atoms with E-state index in [-0.39, 0.29) is 13.0 Å².